The fourth-order valence-electron chi connectivity index (χ4n) is 1.88. The summed E-state index contributed by atoms with van der Waals surface area (Å²) in [6, 6.07) is -0.693. The number of nitrogens with one attached hydrogen (secondary N) is 2. The first-order valence-electron chi connectivity index (χ1n) is 5.46. The molecule has 0 saturated carbocycles. The Morgan fingerprint density at radius 2 is 2.38 bits per heavy atom. The van der Waals surface area contributed by atoms with Crippen molar-refractivity contribution < 1.29 is 9.90 Å². The van der Waals surface area contributed by atoms with Gasteiger partial charge in [-0.1, -0.05) is 6.92 Å². The molecule has 3 unspecified atom stereocenters. The number of amides is 1. The molecule has 0 spiro atoms. The molecule has 16 heavy (non-hydrogen) atoms. The standard InChI is InChI=1S/C10H16N4O2/c1-3-7(15)6-4-11-9-8(14-6)10(16)13-5(2)12-9/h6-8,14-15H,3-4H2,1-2H3,(H,11,12,13,16). The van der Waals surface area contributed by atoms with Crippen LogP contribution >= 0.6 is 0 Å². The molecule has 3 N–H and O–H groups in total. The molecular weight excluding hydrogens is 208 g/mol. The minimum Gasteiger partial charge on any atom is -0.391 e. The van der Waals surface area contributed by atoms with E-state index in [0.717, 1.165) is 0 Å². The molecule has 2 aliphatic heterocycles. The van der Waals surface area contributed by atoms with Crippen LogP contribution in [-0.4, -0.2) is 47.4 Å². The molecule has 6 heteroatoms. The lowest BCUT2D eigenvalue weighted by atomic mass is 10.0. The van der Waals surface area contributed by atoms with Crippen LogP contribution in [0.2, 0.25) is 0 Å². The molecule has 0 aliphatic carbocycles. The third kappa shape index (κ3) is 1.98. The van der Waals surface area contributed by atoms with Crippen LogP contribution in [-0.2, 0) is 4.79 Å². The first-order chi connectivity index (χ1) is 7.61. The number of carbonyl (C=O) groups is 1. The average molecular weight is 224 g/mol. The van der Waals surface area contributed by atoms with Crippen LogP contribution < -0.4 is 10.6 Å². The third-order valence-electron chi connectivity index (χ3n) is 2.82. The molecule has 0 aromatic carbocycles. The Hall–Kier alpha value is -1.27. The summed E-state index contributed by atoms with van der Waals surface area (Å²) in [5.41, 5.74) is 0. The van der Waals surface area contributed by atoms with E-state index in [4.69, 9.17) is 0 Å². The van der Waals surface area contributed by atoms with Crippen molar-refractivity contribution >= 4 is 17.6 Å². The second-order valence-electron chi connectivity index (χ2n) is 4.07. The monoisotopic (exact) mass is 224 g/mol. The van der Waals surface area contributed by atoms with Gasteiger partial charge in [0.1, 0.15) is 11.9 Å². The number of nitrogens with zero attached hydrogens (tertiary/aromatic N) is 2. The van der Waals surface area contributed by atoms with E-state index >= 15 is 0 Å². The summed E-state index contributed by atoms with van der Waals surface area (Å²) in [7, 11) is 0. The van der Waals surface area contributed by atoms with Gasteiger partial charge in [-0.15, -0.1) is 0 Å². The van der Waals surface area contributed by atoms with Gasteiger partial charge < -0.3 is 10.4 Å². The van der Waals surface area contributed by atoms with Gasteiger partial charge in [-0.3, -0.25) is 15.1 Å². The van der Waals surface area contributed by atoms with Crippen molar-refractivity contribution in [2.75, 3.05) is 6.54 Å². The molecular formula is C10H16N4O2. The number of aliphatic imine (C=N–C) groups is 2. The largest absolute Gasteiger partial charge is 0.391 e. The van der Waals surface area contributed by atoms with Gasteiger partial charge in [-0.25, -0.2) is 4.99 Å². The fraction of sp³-hybridized carbons (Fsp3) is 0.700. The molecule has 2 aliphatic rings. The van der Waals surface area contributed by atoms with Gasteiger partial charge >= 0.3 is 0 Å². The topological polar surface area (TPSA) is 86.1 Å². The predicted molar refractivity (Wildman–Crippen MR) is 60.6 cm³/mol. The van der Waals surface area contributed by atoms with Gasteiger partial charge in [0.15, 0.2) is 5.84 Å². The molecule has 2 rings (SSSR count). The Labute approximate surface area is 93.9 Å². The molecule has 3 atom stereocenters. The van der Waals surface area contributed by atoms with E-state index in [0.29, 0.717) is 24.6 Å². The number of amidine groups is 2. The number of hydrogen-bond acceptors (Lipinski definition) is 5. The first-order valence-corrected chi connectivity index (χ1v) is 5.46. The summed E-state index contributed by atoms with van der Waals surface area (Å²) in [6.07, 6.45) is 0.157. The summed E-state index contributed by atoms with van der Waals surface area (Å²) in [5.74, 6) is 0.927. The van der Waals surface area contributed by atoms with E-state index < -0.39 is 12.1 Å². The van der Waals surface area contributed by atoms with Crippen LogP contribution in [0.5, 0.6) is 0 Å². The maximum atomic E-state index is 11.7. The normalized spacial score (nSPS) is 31.1. The summed E-state index contributed by atoms with van der Waals surface area (Å²) in [5, 5.41) is 15.4. The van der Waals surface area contributed by atoms with Crippen molar-refractivity contribution in [3.8, 4) is 0 Å². The molecule has 0 fully saturated rings. The Bertz CT molecular complexity index is 364. The molecule has 0 aromatic rings. The zero-order valence-electron chi connectivity index (χ0n) is 9.40. The maximum absolute atomic E-state index is 11.7. The Kier molecular flexibility index (Phi) is 3.02. The van der Waals surface area contributed by atoms with Gasteiger partial charge in [0.2, 0.25) is 5.91 Å². The van der Waals surface area contributed by atoms with Gasteiger partial charge in [0, 0.05) is 0 Å². The van der Waals surface area contributed by atoms with Gasteiger partial charge in [0.05, 0.1) is 18.7 Å². The lowest BCUT2D eigenvalue weighted by Gasteiger charge is -2.32. The minimum absolute atomic E-state index is 0.153. The highest BCUT2D eigenvalue weighted by Crippen LogP contribution is 2.10. The zero-order valence-corrected chi connectivity index (χ0v) is 9.40. The van der Waals surface area contributed by atoms with Crippen molar-refractivity contribution in [1.29, 1.82) is 0 Å². The maximum Gasteiger partial charge on any atom is 0.250 e. The van der Waals surface area contributed by atoms with Crippen LogP contribution in [0.4, 0.5) is 0 Å². The molecule has 88 valence electrons. The lowest BCUT2D eigenvalue weighted by Crippen LogP contribution is -2.61. The molecule has 0 radical (unpaired) electrons. The van der Waals surface area contributed by atoms with E-state index in [1.165, 1.54) is 0 Å². The summed E-state index contributed by atoms with van der Waals surface area (Å²) in [6.45, 7) is 4.09. The van der Waals surface area contributed by atoms with Crippen molar-refractivity contribution in [3.05, 3.63) is 0 Å². The van der Waals surface area contributed by atoms with E-state index in [1.807, 2.05) is 6.92 Å². The van der Waals surface area contributed by atoms with Gasteiger partial charge in [0.25, 0.3) is 0 Å². The Morgan fingerprint density at radius 1 is 1.62 bits per heavy atom. The van der Waals surface area contributed by atoms with Crippen LogP contribution in [0.25, 0.3) is 0 Å². The number of carbonyl (C=O) groups excluding carboxylic acids is 1. The van der Waals surface area contributed by atoms with Crippen LogP contribution in [0.3, 0.4) is 0 Å². The highest BCUT2D eigenvalue weighted by molar-refractivity contribution is 6.19. The van der Waals surface area contributed by atoms with Crippen molar-refractivity contribution in [1.82, 2.24) is 10.6 Å². The van der Waals surface area contributed by atoms with E-state index in [-0.39, 0.29) is 11.9 Å². The lowest BCUT2D eigenvalue weighted by molar-refractivity contribution is -0.120. The second-order valence-corrected chi connectivity index (χ2v) is 4.07. The highest BCUT2D eigenvalue weighted by Gasteiger charge is 2.35. The van der Waals surface area contributed by atoms with Crippen LogP contribution in [0, 0.1) is 0 Å². The van der Waals surface area contributed by atoms with E-state index in [1.54, 1.807) is 6.92 Å². The van der Waals surface area contributed by atoms with Crippen LogP contribution in [0.1, 0.15) is 20.3 Å². The van der Waals surface area contributed by atoms with Crippen LogP contribution in [0.15, 0.2) is 9.98 Å². The average Bonchev–Trinajstić information content (AvgIpc) is 2.27. The van der Waals surface area contributed by atoms with Crippen molar-refractivity contribution in [2.24, 2.45) is 9.98 Å². The first kappa shape index (κ1) is 11.2. The number of fused-ring (bicyclic) bond motifs is 1. The molecule has 0 bridgehead atoms. The predicted octanol–water partition coefficient (Wildman–Crippen LogP) is -0.956. The highest BCUT2D eigenvalue weighted by atomic mass is 16.3. The Morgan fingerprint density at radius 3 is 3.06 bits per heavy atom. The third-order valence-corrected chi connectivity index (χ3v) is 2.82. The quantitative estimate of drug-likeness (QED) is 0.565. The summed E-state index contributed by atoms with van der Waals surface area (Å²) < 4.78 is 0. The minimum atomic E-state index is -0.524. The molecule has 0 aromatic heterocycles. The smallest absolute Gasteiger partial charge is 0.250 e. The van der Waals surface area contributed by atoms with E-state index in [9.17, 15) is 9.90 Å². The molecule has 2 heterocycles. The molecule has 0 saturated heterocycles. The second kappa shape index (κ2) is 4.31. The van der Waals surface area contributed by atoms with E-state index in [2.05, 4.69) is 20.6 Å². The summed E-state index contributed by atoms with van der Waals surface area (Å²) >= 11 is 0. The summed E-state index contributed by atoms with van der Waals surface area (Å²) in [4.78, 5) is 20.1. The number of aliphatic hydroxyl groups excluding tert-OH is 1. The fourth-order valence-corrected chi connectivity index (χ4v) is 1.88. The van der Waals surface area contributed by atoms with Crippen molar-refractivity contribution in [2.45, 2.75) is 38.5 Å². The van der Waals surface area contributed by atoms with Crippen molar-refractivity contribution in [3.63, 3.8) is 0 Å². The zero-order chi connectivity index (χ0) is 11.7. The Balaban J connectivity index is 2.18. The number of hydrogen-bond donors (Lipinski definition) is 3. The number of aliphatic hydroxyl groups is 1. The number of rotatable bonds is 2. The molecule has 6 nitrogen and oxygen atoms in total. The van der Waals surface area contributed by atoms with Gasteiger partial charge in [-0.05, 0) is 13.3 Å². The molecule has 1 amide bonds. The SMILES string of the molecule is CCC(O)C1CN=C2N=C(C)NC(=O)C2N1. The van der Waals surface area contributed by atoms with Gasteiger partial charge in [-0.2, -0.15) is 0 Å².